The van der Waals surface area contributed by atoms with Crippen LogP contribution in [0.1, 0.15) is 23.3 Å². The zero-order chi connectivity index (χ0) is 19.7. The summed E-state index contributed by atoms with van der Waals surface area (Å²) in [5.41, 5.74) is 1.62. The number of nitrogens with zero attached hydrogens (tertiary/aromatic N) is 3. The van der Waals surface area contributed by atoms with Crippen LogP contribution in [0.15, 0.2) is 53.1 Å². The lowest BCUT2D eigenvalue weighted by Crippen LogP contribution is -2.40. The van der Waals surface area contributed by atoms with Gasteiger partial charge in [-0.2, -0.15) is 5.10 Å². The highest BCUT2D eigenvalue weighted by atomic mass is 35.5. The van der Waals surface area contributed by atoms with Crippen LogP contribution in [0, 0.1) is 5.92 Å². The lowest BCUT2D eigenvalue weighted by Gasteiger charge is -2.29. The molecular formula is C20H18ClN3O4. The van der Waals surface area contributed by atoms with Gasteiger partial charge in [-0.15, -0.1) is 0 Å². The second-order valence-corrected chi connectivity index (χ2v) is 7.12. The van der Waals surface area contributed by atoms with Crippen molar-refractivity contribution in [2.24, 2.45) is 5.92 Å². The number of carbonyl (C=O) groups is 2. The summed E-state index contributed by atoms with van der Waals surface area (Å²) in [6.45, 7) is 0.797. The van der Waals surface area contributed by atoms with Gasteiger partial charge in [-0.25, -0.2) is 4.68 Å². The molecule has 3 aromatic rings. The Balaban J connectivity index is 1.66. The third-order valence-corrected chi connectivity index (χ3v) is 5.12. The minimum absolute atomic E-state index is 0.225. The molecule has 0 saturated carbocycles. The first kappa shape index (κ1) is 18.3. The SMILES string of the molecule is O=C(O)C1CCN(C(=O)c2cc(-c3ccco3)n(-c3cccc(Cl)c3)n2)CC1. The van der Waals surface area contributed by atoms with Crippen molar-refractivity contribution in [3.63, 3.8) is 0 Å². The average molecular weight is 400 g/mol. The zero-order valence-corrected chi connectivity index (χ0v) is 15.7. The number of benzene rings is 1. The summed E-state index contributed by atoms with van der Waals surface area (Å²) in [5.74, 6) is -0.849. The highest BCUT2D eigenvalue weighted by Crippen LogP contribution is 2.27. The Morgan fingerprint density at radius 3 is 2.57 bits per heavy atom. The van der Waals surface area contributed by atoms with Crippen LogP contribution >= 0.6 is 11.6 Å². The van der Waals surface area contributed by atoms with E-state index in [9.17, 15) is 9.59 Å². The van der Waals surface area contributed by atoms with E-state index in [1.54, 1.807) is 46.2 Å². The number of furan rings is 1. The Morgan fingerprint density at radius 1 is 1.14 bits per heavy atom. The number of carboxylic acid groups (broad SMARTS) is 1. The normalized spacial score (nSPS) is 15.0. The van der Waals surface area contributed by atoms with Crippen LogP contribution in [0.3, 0.4) is 0 Å². The van der Waals surface area contributed by atoms with E-state index in [1.807, 2.05) is 12.1 Å². The molecule has 0 unspecified atom stereocenters. The van der Waals surface area contributed by atoms with E-state index in [4.69, 9.17) is 21.1 Å². The number of carboxylic acids is 1. The van der Waals surface area contributed by atoms with Crippen LogP contribution in [0.25, 0.3) is 17.1 Å². The van der Waals surface area contributed by atoms with E-state index in [2.05, 4.69) is 5.10 Å². The molecule has 0 radical (unpaired) electrons. The molecule has 0 aliphatic carbocycles. The van der Waals surface area contributed by atoms with Crippen molar-refractivity contribution in [2.45, 2.75) is 12.8 Å². The van der Waals surface area contributed by atoms with Crippen LogP contribution in [-0.2, 0) is 4.79 Å². The summed E-state index contributed by atoms with van der Waals surface area (Å²) in [5, 5.41) is 14.2. The first-order valence-electron chi connectivity index (χ1n) is 8.95. The highest BCUT2D eigenvalue weighted by Gasteiger charge is 2.29. The lowest BCUT2D eigenvalue weighted by atomic mass is 9.97. The standard InChI is InChI=1S/C20H18ClN3O4/c21-14-3-1-4-15(11-14)24-17(18-5-2-10-28-18)12-16(22-24)19(25)23-8-6-13(7-9-23)20(26)27/h1-5,10-13H,6-9H2,(H,26,27). The molecule has 1 aliphatic rings. The fourth-order valence-electron chi connectivity index (χ4n) is 3.38. The number of aliphatic carboxylic acids is 1. The molecule has 0 atom stereocenters. The Hall–Kier alpha value is -3.06. The highest BCUT2D eigenvalue weighted by molar-refractivity contribution is 6.30. The predicted molar refractivity (Wildman–Crippen MR) is 103 cm³/mol. The van der Waals surface area contributed by atoms with Crippen LogP contribution in [0.2, 0.25) is 5.02 Å². The molecule has 0 bridgehead atoms. The largest absolute Gasteiger partial charge is 0.481 e. The number of hydrogen-bond acceptors (Lipinski definition) is 4. The third-order valence-electron chi connectivity index (χ3n) is 4.89. The van der Waals surface area contributed by atoms with Crippen molar-refractivity contribution in [3.05, 3.63) is 59.4 Å². The second kappa shape index (κ2) is 7.52. The van der Waals surface area contributed by atoms with E-state index in [0.29, 0.717) is 48.1 Å². The molecule has 8 heteroatoms. The van der Waals surface area contributed by atoms with Gasteiger partial charge in [-0.05, 0) is 43.2 Å². The zero-order valence-electron chi connectivity index (χ0n) is 14.9. The topological polar surface area (TPSA) is 88.6 Å². The molecule has 4 rings (SSSR count). The molecule has 1 N–H and O–H groups in total. The van der Waals surface area contributed by atoms with Gasteiger partial charge in [0.2, 0.25) is 0 Å². The van der Waals surface area contributed by atoms with Gasteiger partial charge in [0, 0.05) is 24.2 Å². The van der Waals surface area contributed by atoms with Gasteiger partial charge in [0.1, 0.15) is 5.69 Å². The monoisotopic (exact) mass is 399 g/mol. The summed E-state index contributed by atoms with van der Waals surface area (Å²) in [6.07, 6.45) is 2.45. The molecule has 28 heavy (non-hydrogen) atoms. The van der Waals surface area contributed by atoms with Crippen molar-refractivity contribution < 1.29 is 19.1 Å². The summed E-state index contributed by atoms with van der Waals surface area (Å²) >= 11 is 6.11. The van der Waals surface area contributed by atoms with Crippen LogP contribution in [-0.4, -0.2) is 44.8 Å². The molecule has 1 fully saturated rings. The van der Waals surface area contributed by atoms with Crippen LogP contribution in [0.5, 0.6) is 0 Å². The molecule has 7 nitrogen and oxygen atoms in total. The number of carbonyl (C=O) groups excluding carboxylic acids is 1. The number of likely N-dealkylation sites (tertiary alicyclic amines) is 1. The minimum atomic E-state index is -0.808. The minimum Gasteiger partial charge on any atom is -0.481 e. The smallest absolute Gasteiger partial charge is 0.306 e. The Labute approximate surface area is 166 Å². The van der Waals surface area contributed by atoms with Gasteiger partial charge in [0.25, 0.3) is 5.91 Å². The lowest BCUT2D eigenvalue weighted by molar-refractivity contribution is -0.143. The van der Waals surface area contributed by atoms with E-state index < -0.39 is 11.9 Å². The molecule has 2 aromatic heterocycles. The number of rotatable bonds is 4. The van der Waals surface area contributed by atoms with E-state index in [1.165, 1.54) is 0 Å². The maximum Gasteiger partial charge on any atom is 0.306 e. The van der Waals surface area contributed by atoms with Gasteiger partial charge in [-0.3, -0.25) is 9.59 Å². The molecule has 1 saturated heterocycles. The molecule has 1 aromatic carbocycles. The summed E-state index contributed by atoms with van der Waals surface area (Å²) < 4.78 is 7.13. The predicted octanol–water partition coefficient (Wildman–Crippen LogP) is 3.72. The molecule has 1 aliphatic heterocycles. The number of piperidine rings is 1. The quantitative estimate of drug-likeness (QED) is 0.722. The Bertz CT molecular complexity index is 1000. The number of halogens is 1. The van der Waals surface area contributed by atoms with Crippen LogP contribution in [0.4, 0.5) is 0 Å². The van der Waals surface area contributed by atoms with Crippen molar-refractivity contribution >= 4 is 23.5 Å². The van der Waals surface area contributed by atoms with Gasteiger partial charge in [0.05, 0.1) is 17.9 Å². The van der Waals surface area contributed by atoms with Gasteiger partial charge < -0.3 is 14.4 Å². The van der Waals surface area contributed by atoms with Crippen molar-refractivity contribution in [1.82, 2.24) is 14.7 Å². The van der Waals surface area contributed by atoms with Gasteiger partial charge >= 0.3 is 5.97 Å². The summed E-state index contributed by atoms with van der Waals surface area (Å²) in [4.78, 5) is 25.7. The summed E-state index contributed by atoms with van der Waals surface area (Å²) in [7, 11) is 0. The first-order valence-corrected chi connectivity index (χ1v) is 9.32. The molecule has 3 heterocycles. The van der Waals surface area contributed by atoms with Crippen molar-refractivity contribution in [1.29, 1.82) is 0 Å². The average Bonchev–Trinajstić information content (AvgIpc) is 3.37. The van der Waals surface area contributed by atoms with Crippen molar-refractivity contribution in [2.75, 3.05) is 13.1 Å². The summed E-state index contributed by atoms with van der Waals surface area (Å²) in [6, 6.07) is 12.4. The molecule has 144 valence electrons. The molecule has 1 amide bonds. The fourth-order valence-corrected chi connectivity index (χ4v) is 3.57. The first-order chi connectivity index (χ1) is 13.5. The maximum atomic E-state index is 13.0. The number of hydrogen-bond donors (Lipinski definition) is 1. The van der Waals surface area contributed by atoms with E-state index >= 15 is 0 Å². The Kier molecular flexibility index (Phi) is 4.92. The Morgan fingerprint density at radius 2 is 1.93 bits per heavy atom. The number of aromatic nitrogens is 2. The van der Waals surface area contributed by atoms with E-state index in [-0.39, 0.29) is 11.6 Å². The maximum absolute atomic E-state index is 13.0. The third kappa shape index (κ3) is 3.53. The molecule has 0 spiro atoms. The number of amides is 1. The van der Waals surface area contributed by atoms with Crippen molar-refractivity contribution in [3.8, 4) is 17.1 Å². The fraction of sp³-hybridized carbons (Fsp3) is 0.250. The van der Waals surface area contributed by atoms with Gasteiger partial charge in [-0.1, -0.05) is 17.7 Å². The van der Waals surface area contributed by atoms with Crippen LogP contribution < -0.4 is 0 Å². The van der Waals surface area contributed by atoms with Gasteiger partial charge in [0.15, 0.2) is 11.5 Å². The molecular weight excluding hydrogens is 382 g/mol. The van der Waals surface area contributed by atoms with E-state index in [0.717, 1.165) is 0 Å². The second-order valence-electron chi connectivity index (χ2n) is 6.69.